The van der Waals surface area contributed by atoms with E-state index in [0.29, 0.717) is 5.69 Å². The van der Waals surface area contributed by atoms with Crippen molar-refractivity contribution in [2.24, 2.45) is 0 Å². The molecule has 2 aromatic heterocycles. The lowest BCUT2D eigenvalue weighted by molar-refractivity contribution is 0.615. The summed E-state index contributed by atoms with van der Waals surface area (Å²) in [7, 11) is 0. The van der Waals surface area contributed by atoms with Crippen LogP contribution in [0.3, 0.4) is 0 Å². The van der Waals surface area contributed by atoms with Gasteiger partial charge in [0.2, 0.25) is 0 Å². The lowest BCUT2D eigenvalue weighted by atomic mass is 10.2. The molecule has 0 aliphatic heterocycles. The van der Waals surface area contributed by atoms with E-state index >= 15 is 0 Å². The van der Waals surface area contributed by atoms with Gasteiger partial charge in [-0.2, -0.15) is 0 Å². The first-order valence-corrected chi connectivity index (χ1v) is 6.19. The van der Waals surface area contributed by atoms with E-state index in [0.717, 1.165) is 10.9 Å². The Balaban J connectivity index is 0.00000161. The van der Waals surface area contributed by atoms with Crippen LogP contribution in [0.4, 0.5) is 10.1 Å². The predicted molar refractivity (Wildman–Crippen MR) is 84.7 cm³/mol. The molecule has 0 bridgehead atoms. The average molecular weight is 302 g/mol. The van der Waals surface area contributed by atoms with Crippen molar-refractivity contribution in [3.8, 4) is 12.0 Å². The summed E-state index contributed by atoms with van der Waals surface area (Å²) in [5.41, 5.74) is 1.34. The van der Waals surface area contributed by atoms with Crippen molar-refractivity contribution in [2.45, 2.75) is 6.92 Å². The fourth-order valence-electron chi connectivity index (χ4n) is 2.12. The highest BCUT2D eigenvalue weighted by atomic mass is 35.5. The molecule has 5 heteroatoms. The molecule has 1 aromatic carbocycles. The van der Waals surface area contributed by atoms with E-state index in [4.69, 9.17) is 0 Å². The van der Waals surface area contributed by atoms with Crippen LogP contribution in [-0.2, 0) is 0 Å². The number of para-hydroxylation sites is 1. The molecule has 0 amide bonds. The maximum Gasteiger partial charge on any atom is 0.167 e. The number of fused-ring (bicyclic) bond motifs is 1. The maximum atomic E-state index is 14.0. The molecule has 0 N–H and O–H groups in total. The number of rotatable bonds is 2. The third kappa shape index (κ3) is 2.69. The van der Waals surface area contributed by atoms with Crippen molar-refractivity contribution >= 4 is 29.0 Å². The largest absolute Gasteiger partial charge is 0.262 e. The summed E-state index contributed by atoms with van der Waals surface area (Å²) in [6.07, 6.45) is 4.61. The van der Waals surface area contributed by atoms with Crippen molar-refractivity contribution < 1.29 is 4.39 Å². The van der Waals surface area contributed by atoms with Gasteiger partial charge < -0.3 is 0 Å². The summed E-state index contributed by atoms with van der Waals surface area (Å²) < 4.78 is 15.8. The zero-order chi connectivity index (χ0) is 13.9. The van der Waals surface area contributed by atoms with Crippen LogP contribution >= 0.6 is 12.4 Å². The third-order valence-corrected chi connectivity index (χ3v) is 2.99. The van der Waals surface area contributed by atoms with Gasteiger partial charge in [-0.15, -0.1) is 12.4 Å². The zero-order valence-electron chi connectivity index (χ0n) is 11.3. The number of hydrogen-bond acceptors (Lipinski definition) is 2. The number of benzene rings is 1. The van der Waals surface area contributed by atoms with Crippen LogP contribution in [0.5, 0.6) is 0 Å². The smallest absolute Gasteiger partial charge is 0.167 e. The number of pyridine rings is 1. The maximum absolute atomic E-state index is 14.0. The molecule has 0 spiro atoms. The Bertz CT molecular complexity index is 817. The molecular weight excluding hydrogens is 289 g/mol. The van der Waals surface area contributed by atoms with Crippen LogP contribution in [0.15, 0.2) is 55.0 Å². The molecule has 3 nitrogen and oxygen atoms in total. The standard InChI is InChI=1S/C16H12FN3.ClH/c1-2-10-19(16-7-9-18-12-14(16)17)20-11-8-13-5-3-4-6-15(13)20;/h3-9,11-12H,1H3;1H. The quantitative estimate of drug-likeness (QED) is 0.529. The van der Waals surface area contributed by atoms with Gasteiger partial charge in [0.05, 0.1) is 11.7 Å². The molecule has 3 aromatic rings. The van der Waals surface area contributed by atoms with Gasteiger partial charge in [-0.05, 0) is 25.1 Å². The molecule has 0 aliphatic carbocycles. The molecule has 0 unspecified atom stereocenters. The molecule has 0 saturated heterocycles. The summed E-state index contributed by atoms with van der Waals surface area (Å²) >= 11 is 0. The van der Waals surface area contributed by atoms with Crippen molar-refractivity contribution in [1.29, 1.82) is 0 Å². The minimum atomic E-state index is -0.409. The third-order valence-electron chi connectivity index (χ3n) is 2.99. The Hall–Kier alpha value is -2.51. The van der Waals surface area contributed by atoms with Gasteiger partial charge in [0.15, 0.2) is 5.82 Å². The van der Waals surface area contributed by atoms with Crippen molar-refractivity contribution in [2.75, 3.05) is 5.01 Å². The van der Waals surface area contributed by atoms with Crippen molar-refractivity contribution in [1.82, 2.24) is 9.66 Å². The second-order valence-electron chi connectivity index (χ2n) is 4.22. The van der Waals surface area contributed by atoms with Crippen LogP contribution in [0.2, 0.25) is 0 Å². The summed E-state index contributed by atoms with van der Waals surface area (Å²) in [5, 5.41) is 2.66. The number of halogens is 2. The average Bonchev–Trinajstić information content (AvgIpc) is 2.90. The van der Waals surface area contributed by atoms with E-state index in [-0.39, 0.29) is 12.4 Å². The second-order valence-corrected chi connectivity index (χ2v) is 4.22. The molecule has 0 radical (unpaired) electrons. The van der Waals surface area contributed by atoms with E-state index in [2.05, 4.69) is 16.9 Å². The molecular formula is C16H13ClFN3. The van der Waals surface area contributed by atoms with Crippen LogP contribution < -0.4 is 5.01 Å². The lowest BCUT2D eigenvalue weighted by Gasteiger charge is -2.20. The number of nitrogens with zero attached hydrogens (tertiary/aromatic N) is 3. The van der Waals surface area contributed by atoms with Gasteiger partial charge in [0, 0.05) is 23.8 Å². The van der Waals surface area contributed by atoms with Crippen LogP contribution in [0.1, 0.15) is 6.92 Å². The van der Waals surface area contributed by atoms with Gasteiger partial charge in [-0.3, -0.25) is 4.98 Å². The second kappa shape index (κ2) is 6.29. The Morgan fingerprint density at radius 3 is 2.76 bits per heavy atom. The van der Waals surface area contributed by atoms with Crippen molar-refractivity contribution in [3.63, 3.8) is 0 Å². The fourth-order valence-corrected chi connectivity index (χ4v) is 2.12. The molecule has 21 heavy (non-hydrogen) atoms. The Morgan fingerprint density at radius 2 is 2.00 bits per heavy atom. The van der Waals surface area contributed by atoms with Gasteiger partial charge in [-0.1, -0.05) is 24.1 Å². The van der Waals surface area contributed by atoms with Gasteiger partial charge in [0.1, 0.15) is 5.69 Å². The fraction of sp³-hybridized carbons (Fsp3) is 0.0625. The topological polar surface area (TPSA) is 21.1 Å². The zero-order valence-corrected chi connectivity index (χ0v) is 12.1. The monoisotopic (exact) mass is 301 g/mol. The van der Waals surface area contributed by atoms with Gasteiger partial charge >= 0.3 is 0 Å². The van der Waals surface area contributed by atoms with Crippen LogP contribution in [0, 0.1) is 17.8 Å². The number of hydrogen-bond donors (Lipinski definition) is 0. The van der Waals surface area contributed by atoms with E-state index < -0.39 is 5.82 Å². The van der Waals surface area contributed by atoms with Crippen molar-refractivity contribution in [3.05, 3.63) is 60.8 Å². The molecule has 3 rings (SSSR count). The highest BCUT2D eigenvalue weighted by molar-refractivity contribution is 5.85. The van der Waals surface area contributed by atoms with Crippen LogP contribution in [0.25, 0.3) is 10.9 Å². The molecule has 106 valence electrons. The van der Waals surface area contributed by atoms with E-state index in [1.54, 1.807) is 24.2 Å². The van der Waals surface area contributed by atoms with E-state index in [1.807, 2.05) is 41.2 Å². The number of anilines is 1. The molecule has 0 aliphatic rings. The minimum absolute atomic E-state index is 0. The van der Waals surface area contributed by atoms with Gasteiger partial charge in [0.25, 0.3) is 0 Å². The first-order valence-electron chi connectivity index (χ1n) is 6.19. The minimum Gasteiger partial charge on any atom is -0.262 e. The molecule has 2 heterocycles. The summed E-state index contributed by atoms with van der Waals surface area (Å²) in [4.78, 5) is 3.77. The summed E-state index contributed by atoms with van der Waals surface area (Å²) in [6.45, 7) is 1.72. The Morgan fingerprint density at radius 1 is 1.19 bits per heavy atom. The predicted octanol–water partition coefficient (Wildman–Crippen LogP) is 3.85. The Labute approximate surface area is 128 Å². The lowest BCUT2D eigenvalue weighted by Crippen LogP contribution is -2.24. The molecule has 0 saturated carbocycles. The Kier molecular flexibility index (Phi) is 4.46. The van der Waals surface area contributed by atoms with E-state index in [9.17, 15) is 4.39 Å². The SMILES string of the molecule is CC#CN(c1ccncc1F)n1ccc2ccccc21.Cl. The van der Waals surface area contributed by atoms with Crippen LogP contribution in [-0.4, -0.2) is 9.66 Å². The summed E-state index contributed by atoms with van der Waals surface area (Å²) in [6, 6.07) is 14.4. The first kappa shape index (κ1) is 14.9. The number of aromatic nitrogens is 2. The molecule has 0 fully saturated rings. The highest BCUT2D eigenvalue weighted by Crippen LogP contribution is 2.22. The normalized spacial score (nSPS) is 9.62. The molecule has 0 atom stereocenters. The highest BCUT2D eigenvalue weighted by Gasteiger charge is 2.13. The van der Waals surface area contributed by atoms with Gasteiger partial charge in [-0.25, -0.2) is 14.1 Å². The summed E-state index contributed by atoms with van der Waals surface area (Å²) in [5.74, 6) is 2.41. The first-order chi connectivity index (χ1) is 9.81. The van der Waals surface area contributed by atoms with E-state index in [1.165, 1.54) is 6.20 Å².